The summed E-state index contributed by atoms with van der Waals surface area (Å²) < 4.78 is 5.41. The molecule has 0 spiro atoms. The van der Waals surface area contributed by atoms with E-state index in [2.05, 4.69) is 22.1 Å². The van der Waals surface area contributed by atoms with Crippen LogP contribution in [-0.4, -0.2) is 36.5 Å². The van der Waals surface area contributed by atoms with Crippen LogP contribution in [0.25, 0.3) is 0 Å². The van der Waals surface area contributed by atoms with E-state index in [0.29, 0.717) is 12.6 Å². The van der Waals surface area contributed by atoms with Crippen molar-refractivity contribution in [2.45, 2.75) is 37.8 Å². The fraction of sp³-hybridized carbons (Fsp3) is 0.692. The molecule has 1 aromatic heterocycles. The highest BCUT2D eigenvalue weighted by Gasteiger charge is 2.26. The van der Waals surface area contributed by atoms with E-state index in [-0.39, 0.29) is 0 Å². The largest absolute Gasteiger partial charge is 0.390 e. The molecule has 0 aliphatic carbocycles. The summed E-state index contributed by atoms with van der Waals surface area (Å²) in [5, 5.41) is 18.0. The van der Waals surface area contributed by atoms with Crippen LogP contribution in [0.2, 0.25) is 0 Å². The quantitative estimate of drug-likeness (QED) is 0.843. The number of morpholine rings is 1. The monoisotopic (exact) mass is 255 g/mol. The minimum absolute atomic E-state index is 0.293. The van der Waals surface area contributed by atoms with Crippen LogP contribution in [-0.2, 0) is 11.2 Å². The Kier molecular flexibility index (Phi) is 4.56. The van der Waals surface area contributed by atoms with E-state index < -0.39 is 5.60 Å². The number of hydrogen-bond donors (Lipinski definition) is 2. The molecule has 3 nitrogen and oxygen atoms in total. The number of aliphatic hydroxyl groups is 1. The highest BCUT2D eigenvalue weighted by Crippen LogP contribution is 2.21. The maximum absolute atomic E-state index is 10.4. The molecule has 2 rings (SSSR count). The first-order valence-electron chi connectivity index (χ1n) is 6.20. The first kappa shape index (κ1) is 13.0. The molecule has 1 saturated heterocycles. The van der Waals surface area contributed by atoms with Crippen molar-refractivity contribution in [3.63, 3.8) is 0 Å². The molecule has 17 heavy (non-hydrogen) atoms. The first-order chi connectivity index (χ1) is 8.16. The van der Waals surface area contributed by atoms with Gasteiger partial charge in [-0.25, -0.2) is 0 Å². The zero-order valence-corrected chi connectivity index (χ0v) is 11.1. The Morgan fingerprint density at radius 3 is 3.18 bits per heavy atom. The van der Waals surface area contributed by atoms with E-state index >= 15 is 0 Å². The molecule has 1 aliphatic rings. The van der Waals surface area contributed by atoms with Crippen molar-refractivity contribution < 1.29 is 9.84 Å². The lowest BCUT2D eigenvalue weighted by atomic mass is 9.90. The molecule has 96 valence electrons. The Hall–Kier alpha value is -0.420. The van der Waals surface area contributed by atoms with Crippen molar-refractivity contribution in [2.24, 2.45) is 0 Å². The molecule has 2 heterocycles. The van der Waals surface area contributed by atoms with Crippen LogP contribution >= 0.6 is 11.3 Å². The number of nitrogens with one attached hydrogen (secondary N) is 1. The SMILES string of the molecule is CC(O)(CCc1ccsc1)CC1COCCN1. The number of thiophene rings is 1. The summed E-state index contributed by atoms with van der Waals surface area (Å²) in [7, 11) is 0. The topological polar surface area (TPSA) is 41.5 Å². The van der Waals surface area contributed by atoms with E-state index in [4.69, 9.17) is 4.74 Å². The average Bonchev–Trinajstić information content (AvgIpc) is 2.80. The van der Waals surface area contributed by atoms with E-state index in [1.54, 1.807) is 11.3 Å². The van der Waals surface area contributed by atoms with Crippen LogP contribution in [0.1, 0.15) is 25.3 Å². The molecule has 0 radical (unpaired) electrons. The van der Waals surface area contributed by atoms with Gasteiger partial charge in [-0.15, -0.1) is 0 Å². The average molecular weight is 255 g/mol. The molecule has 0 amide bonds. The molecular formula is C13H21NO2S. The summed E-state index contributed by atoms with van der Waals surface area (Å²) in [6, 6.07) is 2.42. The van der Waals surface area contributed by atoms with Crippen molar-refractivity contribution in [2.75, 3.05) is 19.8 Å². The second-order valence-corrected chi connectivity index (χ2v) is 5.84. The standard InChI is InChI=1S/C13H21NO2S/c1-13(15,4-2-11-3-7-17-10-11)8-12-9-16-6-5-14-12/h3,7,10,12,14-15H,2,4-6,8-9H2,1H3. The fourth-order valence-electron chi connectivity index (χ4n) is 2.23. The van der Waals surface area contributed by atoms with Gasteiger partial charge in [0.2, 0.25) is 0 Å². The summed E-state index contributed by atoms with van der Waals surface area (Å²) in [5.74, 6) is 0. The minimum atomic E-state index is -0.611. The molecule has 1 aromatic rings. The molecule has 4 heteroatoms. The minimum Gasteiger partial charge on any atom is -0.390 e. The Balaban J connectivity index is 1.77. The molecule has 1 aliphatic heterocycles. The number of aryl methyl sites for hydroxylation is 1. The normalized spacial score (nSPS) is 24.5. The number of rotatable bonds is 5. The highest BCUT2D eigenvalue weighted by atomic mass is 32.1. The third kappa shape index (κ3) is 4.39. The smallest absolute Gasteiger partial charge is 0.0638 e. The van der Waals surface area contributed by atoms with Crippen molar-refractivity contribution in [1.29, 1.82) is 0 Å². The molecule has 0 aromatic carbocycles. The zero-order valence-electron chi connectivity index (χ0n) is 10.3. The summed E-state index contributed by atoms with van der Waals surface area (Å²) >= 11 is 1.71. The van der Waals surface area contributed by atoms with Gasteiger partial charge in [-0.3, -0.25) is 0 Å². The second kappa shape index (κ2) is 5.96. The van der Waals surface area contributed by atoms with Gasteiger partial charge < -0.3 is 15.2 Å². The molecule has 2 N–H and O–H groups in total. The van der Waals surface area contributed by atoms with Crippen LogP contribution in [0.4, 0.5) is 0 Å². The van der Waals surface area contributed by atoms with Gasteiger partial charge in [0.05, 0.1) is 18.8 Å². The van der Waals surface area contributed by atoms with Crippen LogP contribution in [0.3, 0.4) is 0 Å². The van der Waals surface area contributed by atoms with Gasteiger partial charge in [-0.1, -0.05) is 0 Å². The molecular weight excluding hydrogens is 234 g/mol. The lowest BCUT2D eigenvalue weighted by Crippen LogP contribution is -2.46. The van der Waals surface area contributed by atoms with Crippen LogP contribution < -0.4 is 5.32 Å². The Morgan fingerprint density at radius 2 is 2.53 bits per heavy atom. The van der Waals surface area contributed by atoms with Crippen molar-refractivity contribution in [1.82, 2.24) is 5.32 Å². The van der Waals surface area contributed by atoms with E-state index in [1.165, 1.54) is 5.56 Å². The third-order valence-corrected chi connectivity index (χ3v) is 3.95. The van der Waals surface area contributed by atoms with Crippen LogP contribution in [0.15, 0.2) is 16.8 Å². The molecule has 0 saturated carbocycles. The van der Waals surface area contributed by atoms with E-state index in [1.807, 2.05) is 6.92 Å². The van der Waals surface area contributed by atoms with Crippen LogP contribution in [0, 0.1) is 0 Å². The number of ether oxygens (including phenoxy) is 1. The van der Waals surface area contributed by atoms with Gasteiger partial charge in [0.1, 0.15) is 0 Å². The molecule has 1 fully saturated rings. The molecule has 2 atom stereocenters. The van der Waals surface area contributed by atoms with Gasteiger partial charge >= 0.3 is 0 Å². The van der Waals surface area contributed by atoms with E-state index in [0.717, 1.165) is 32.4 Å². The predicted molar refractivity (Wildman–Crippen MR) is 70.5 cm³/mol. The van der Waals surface area contributed by atoms with Crippen LogP contribution in [0.5, 0.6) is 0 Å². The summed E-state index contributed by atoms with van der Waals surface area (Å²) in [4.78, 5) is 0. The first-order valence-corrected chi connectivity index (χ1v) is 7.15. The third-order valence-electron chi connectivity index (χ3n) is 3.22. The Bertz CT molecular complexity index is 318. The summed E-state index contributed by atoms with van der Waals surface area (Å²) in [6.07, 6.45) is 2.52. The van der Waals surface area contributed by atoms with E-state index in [9.17, 15) is 5.11 Å². The van der Waals surface area contributed by atoms with Gasteiger partial charge in [-0.05, 0) is 48.6 Å². The maximum atomic E-state index is 10.4. The zero-order chi connectivity index (χ0) is 12.1. The summed E-state index contributed by atoms with van der Waals surface area (Å²) in [5.41, 5.74) is 0.712. The van der Waals surface area contributed by atoms with Gasteiger partial charge in [0.15, 0.2) is 0 Å². The Morgan fingerprint density at radius 1 is 1.65 bits per heavy atom. The van der Waals surface area contributed by atoms with Gasteiger partial charge in [0.25, 0.3) is 0 Å². The van der Waals surface area contributed by atoms with Crippen molar-refractivity contribution in [3.05, 3.63) is 22.4 Å². The molecule has 2 unspecified atom stereocenters. The van der Waals surface area contributed by atoms with Gasteiger partial charge in [0, 0.05) is 12.6 Å². The van der Waals surface area contributed by atoms with Crippen molar-refractivity contribution in [3.8, 4) is 0 Å². The summed E-state index contributed by atoms with van der Waals surface area (Å²) in [6.45, 7) is 4.32. The van der Waals surface area contributed by atoms with Crippen molar-refractivity contribution >= 4 is 11.3 Å². The maximum Gasteiger partial charge on any atom is 0.0638 e. The molecule has 0 bridgehead atoms. The second-order valence-electron chi connectivity index (χ2n) is 5.06. The Labute approximate surface area is 107 Å². The number of hydrogen-bond acceptors (Lipinski definition) is 4. The lowest BCUT2D eigenvalue weighted by molar-refractivity contribution is 0.00121. The fourth-order valence-corrected chi connectivity index (χ4v) is 2.94. The highest BCUT2D eigenvalue weighted by molar-refractivity contribution is 7.07. The predicted octanol–water partition coefficient (Wildman–Crippen LogP) is 1.81. The lowest BCUT2D eigenvalue weighted by Gasteiger charge is -2.31. The van der Waals surface area contributed by atoms with Gasteiger partial charge in [-0.2, -0.15) is 11.3 Å².